The third kappa shape index (κ3) is 2.45. The van der Waals surface area contributed by atoms with E-state index in [1.165, 1.54) is 5.56 Å². The molecule has 0 aliphatic carbocycles. The number of nitrogens with one attached hydrogen (secondary N) is 1. The van der Waals surface area contributed by atoms with Crippen molar-refractivity contribution in [1.82, 2.24) is 5.43 Å². The van der Waals surface area contributed by atoms with Gasteiger partial charge in [-0.2, -0.15) is 0 Å². The van der Waals surface area contributed by atoms with Crippen molar-refractivity contribution in [3.8, 4) is 0 Å². The summed E-state index contributed by atoms with van der Waals surface area (Å²) in [6, 6.07) is 17.5. The van der Waals surface area contributed by atoms with E-state index >= 15 is 0 Å². The number of fused-ring (bicyclic) bond motifs is 1. The van der Waals surface area contributed by atoms with Gasteiger partial charge in [-0.05, 0) is 36.6 Å². The van der Waals surface area contributed by atoms with Gasteiger partial charge in [0.15, 0.2) is 0 Å². The standard InChI is InChI=1S/C16H16N2O/c19-16(14-8-2-1-3-9-14)17-18-12-6-10-13-7-4-5-11-15(13)18/h1-5,7-9,11H,6,10,12H2,(H,17,19). The zero-order valence-electron chi connectivity index (χ0n) is 10.7. The predicted molar refractivity (Wildman–Crippen MR) is 76.0 cm³/mol. The van der Waals surface area contributed by atoms with E-state index in [2.05, 4.69) is 17.6 Å². The second kappa shape index (κ2) is 5.14. The third-order valence-electron chi connectivity index (χ3n) is 3.38. The summed E-state index contributed by atoms with van der Waals surface area (Å²) in [4.78, 5) is 12.2. The van der Waals surface area contributed by atoms with Crippen molar-refractivity contribution in [2.45, 2.75) is 12.8 Å². The van der Waals surface area contributed by atoms with Crippen molar-refractivity contribution < 1.29 is 4.79 Å². The van der Waals surface area contributed by atoms with Gasteiger partial charge in [0.2, 0.25) is 0 Å². The zero-order chi connectivity index (χ0) is 13.1. The predicted octanol–water partition coefficient (Wildman–Crippen LogP) is 2.78. The number of carbonyl (C=O) groups excluding carboxylic acids is 1. The van der Waals surface area contributed by atoms with Gasteiger partial charge in [-0.25, -0.2) is 0 Å². The number of hydrogen-bond donors (Lipinski definition) is 1. The molecule has 3 nitrogen and oxygen atoms in total. The van der Waals surface area contributed by atoms with E-state index in [1.807, 2.05) is 47.5 Å². The van der Waals surface area contributed by atoms with Crippen LogP contribution < -0.4 is 10.4 Å². The molecule has 1 heterocycles. The molecule has 2 aromatic carbocycles. The Morgan fingerprint density at radius 1 is 1.00 bits per heavy atom. The number of hydrazine groups is 1. The summed E-state index contributed by atoms with van der Waals surface area (Å²) in [6.45, 7) is 0.857. The Morgan fingerprint density at radius 2 is 1.74 bits per heavy atom. The van der Waals surface area contributed by atoms with Crippen LogP contribution >= 0.6 is 0 Å². The highest BCUT2D eigenvalue weighted by Gasteiger charge is 2.18. The number of anilines is 1. The summed E-state index contributed by atoms with van der Waals surface area (Å²) in [5.41, 5.74) is 6.07. The van der Waals surface area contributed by atoms with Crippen molar-refractivity contribution in [2.75, 3.05) is 11.6 Å². The van der Waals surface area contributed by atoms with Gasteiger partial charge in [-0.1, -0.05) is 36.4 Å². The summed E-state index contributed by atoms with van der Waals surface area (Å²) in [7, 11) is 0. The number of rotatable bonds is 2. The maximum Gasteiger partial charge on any atom is 0.269 e. The first-order valence-corrected chi connectivity index (χ1v) is 6.56. The Balaban J connectivity index is 1.80. The highest BCUT2D eigenvalue weighted by atomic mass is 16.2. The Morgan fingerprint density at radius 3 is 2.58 bits per heavy atom. The molecule has 0 aromatic heterocycles. The van der Waals surface area contributed by atoms with E-state index in [1.54, 1.807) is 0 Å². The van der Waals surface area contributed by atoms with E-state index in [-0.39, 0.29) is 5.91 Å². The van der Waals surface area contributed by atoms with E-state index in [0.29, 0.717) is 5.56 Å². The molecule has 0 saturated heterocycles. The molecule has 1 aliphatic heterocycles. The summed E-state index contributed by atoms with van der Waals surface area (Å²) >= 11 is 0. The van der Waals surface area contributed by atoms with Crippen LogP contribution in [0.5, 0.6) is 0 Å². The highest BCUT2D eigenvalue weighted by molar-refractivity contribution is 5.95. The van der Waals surface area contributed by atoms with Crippen LogP contribution in [0.2, 0.25) is 0 Å². The Labute approximate surface area is 112 Å². The molecule has 1 N–H and O–H groups in total. The van der Waals surface area contributed by atoms with Crippen molar-refractivity contribution in [2.24, 2.45) is 0 Å². The molecule has 1 amide bonds. The summed E-state index contributed by atoms with van der Waals surface area (Å²) in [5, 5.41) is 1.95. The summed E-state index contributed by atoms with van der Waals surface area (Å²) in [6.07, 6.45) is 2.14. The molecule has 0 radical (unpaired) electrons. The van der Waals surface area contributed by atoms with Crippen LogP contribution in [0.4, 0.5) is 5.69 Å². The minimum Gasteiger partial charge on any atom is -0.285 e. The van der Waals surface area contributed by atoms with Gasteiger partial charge >= 0.3 is 0 Å². The molecule has 0 unspecified atom stereocenters. The molecule has 3 rings (SSSR count). The second-order valence-electron chi connectivity index (χ2n) is 4.69. The third-order valence-corrected chi connectivity index (χ3v) is 3.38. The van der Waals surface area contributed by atoms with Gasteiger partial charge in [-0.3, -0.25) is 15.2 Å². The quantitative estimate of drug-likeness (QED) is 0.891. The van der Waals surface area contributed by atoms with Crippen LogP contribution in [0.25, 0.3) is 0 Å². The van der Waals surface area contributed by atoms with Crippen LogP contribution in [0.15, 0.2) is 54.6 Å². The van der Waals surface area contributed by atoms with Gasteiger partial charge < -0.3 is 0 Å². The van der Waals surface area contributed by atoms with Crippen LogP contribution in [-0.4, -0.2) is 12.5 Å². The molecule has 0 spiro atoms. The molecule has 3 heteroatoms. The van der Waals surface area contributed by atoms with Crippen molar-refractivity contribution in [3.05, 3.63) is 65.7 Å². The molecule has 1 aliphatic rings. The highest BCUT2D eigenvalue weighted by Crippen LogP contribution is 2.25. The van der Waals surface area contributed by atoms with E-state index in [4.69, 9.17) is 0 Å². The number of amides is 1. The molecular weight excluding hydrogens is 236 g/mol. The Hall–Kier alpha value is -2.29. The number of nitrogens with zero attached hydrogens (tertiary/aromatic N) is 1. The van der Waals surface area contributed by atoms with Crippen molar-refractivity contribution in [1.29, 1.82) is 0 Å². The maximum atomic E-state index is 12.2. The molecule has 0 saturated carbocycles. The number of carbonyl (C=O) groups is 1. The molecule has 0 bridgehead atoms. The van der Waals surface area contributed by atoms with E-state index < -0.39 is 0 Å². The van der Waals surface area contributed by atoms with Gasteiger partial charge in [0.05, 0.1) is 5.69 Å². The van der Waals surface area contributed by atoms with E-state index in [0.717, 1.165) is 25.1 Å². The Bertz CT molecular complexity index is 580. The number of para-hydroxylation sites is 1. The fourth-order valence-electron chi connectivity index (χ4n) is 2.43. The lowest BCUT2D eigenvalue weighted by molar-refractivity contribution is 0.0948. The molecule has 2 aromatic rings. The molecule has 19 heavy (non-hydrogen) atoms. The molecule has 0 atom stereocenters. The number of benzene rings is 2. The first kappa shape index (κ1) is 11.8. The summed E-state index contributed by atoms with van der Waals surface area (Å²) in [5.74, 6) is -0.0581. The Kier molecular flexibility index (Phi) is 3.19. The minimum atomic E-state index is -0.0581. The van der Waals surface area contributed by atoms with Crippen molar-refractivity contribution >= 4 is 11.6 Å². The lowest BCUT2D eigenvalue weighted by Gasteiger charge is -2.31. The first-order chi connectivity index (χ1) is 9.34. The zero-order valence-corrected chi connectivity index (χ0v) is 10.7. The largest absolute Gasteiger partial charge is 0.285 e. The van der Waals surface area contributed by atoms with Gasteiger partial charge in [0, 0.05) is 12.1 Å². The summed E-state index contributed by atoms with van der Waals surface area (Å²) < 4.78 is 0. The van der Waals surface area contributed by atoms with Crippen LogP contribution in [0, 0.1) is 0 Å². The molecular formula is C16H16N2O. The second-order valence-corrected chi connectivity index (χ2v) is 4.69. The minimum absolute atomic E-state index is 0.0581. The maximum absolute atomic E-state index is 12.2. The van der Waals surface area contributed by atoms with Crippen LogP contribution in [0.3, 0.4) is 0 Å². The lowest BCUT2D eigenvalue weighted by atomic mass is 10.0. The van der Waals surface area contributed by atoms with Gasteiger partial charge in [0.25, 0.3) is 5.91 Å². The van der Waals surface area contributed by atoms with Crippen LogP contribution in [-0.2, 0) is 6.42 Å². The normalized spacial score (nSPS) is 13.8. The topological polar surface area (TPSA) is 32.3 Å². The van der Waals surface area contributed by atoms with E-state index in [9.17, 15) is 4.79 Å². The van der Waals surface area contributed by atoms with Crippen molar-refractivity contribution in [3.63, 3.8) is 0 Å². The molecule has 96 valence electrons. The first-order valence-electron chi connectivity index (χ1n) is 6.56. The number of aryl methyl sites for hydroxylation is 1. The fourth-order valence-corrected chi connectivity index (χ4v) is 2.43. The van der Waals surface area contributed by atoms with Crippen LogP contribution in [0.1, 0.15) is 22.3 Å². The monoisotopic (exact) mass is 252 g/mol. The van der Waals surface area contributed by atoms with Gasteiger partial charge in [0.1, 0.15) is 0 Å². The van der Waals surface area contributed by atoms with Gasteiger partial charge in [-0.15, -0.1) is 0 Å². The number of hydrogen-bond acceptors (Lipinski definition) is 2. The SMILES string of the molecule is O=C(NN1CCCc2ccccc21)c1ccccc1. The lowest BCUT2D eigenvalue weighted by Crippen LogP contribution is -2.45. The fraction of sp³-hybridized carbons (Fsp3) is 0.188. The average Bonchev–Trinajstić information content (AvgIpc) is 2.48. The average molecular weight is 252 g/mol. The smallest absolute Gasteiger partial charge is 0.269 e. The molecule has 0 fully saturated rings.